The normalized spacial score (nSPS) is 25.1. The van der Waals surface area contributed by atoms with E-state index in [9.17, 15) is 0 Å². The first-order valence-corrected chi connectivity index (χ1v) is 8.95. The SMILES string of the molecule is CCCC(C)CN1CC(CC)(CC)NCC1CC(C)C. The summed E-state index contributed by atoms with van der Waals surface area (Å²) in [6.07, 6.45) is 6.50. The van der Waals surface area contributed by atoms with E-state index in [1.165, 1.54) is 51.7 Å². The van der Waals surface area contributed by atoms with Crippen LogP contribution in [0.4, 0.5) is 0 Å². The van der Waals surface area contributed by atoms with Crippen LogP contribution in [0.25, 0.3) is 0 Å². The second-order valence-electron chi connectivity index (χ2n) is 7.48. The predicted octanol–water partition coefficient (Wildman–Crippen LogP) is 4.30. The summed E-state index contributed by atoms with van der Waals surface area (Å²) in [5.41, 5.74) is 0.361. The summed E-state index contributed by atoms with van der Waals surface area (Å²) in [4.78, 5) is 2.81. The van der Waals surface area contributed by atoms with Gasteiger partial charge in [0.05, 0.1) is 0 Å². The Labute approximate surface area is 127 Å². The van der Waals surface area contributed by atoms with Gasteiger partial charge >= 0.3 is 0 Å². The summed E-state index contributed by atoms with van der Waals surface area (Å²) >= 11 is 0. The standard InChI is InChI=1S/C18H38N2/c1-7-10-16(6)13-20-14-18(8-2,9-3)19-12-17(20)11-15(4)5/h15-17,19H,7-14H2,1-6H3. The van der Waals surface area contributed by atoms with Crippen LogP contribution >= 0.6 is 0 Å². The Morgan fingerprint density at radius 3 is 2.30 bits per heavy atom. The van der Waals surface area contributed by atoms with Crippen molar-refractivity contribution < 1.29 is 0 Å². The molecule has 0 saturated carbocycles. The first-order valence-electron chi connectivity index (χ1n) is 8.95. The van der Waals surface area contributed by atoms with E-state index in [1.54, 1.807) is 0 Å². The molecule has 1 fully saturated rings. The van der Waals surface area contributed by atoms with Crippen molar-refractivity contribution in [3.05, 3.63) is 0 Å². The van der Waals surface area contributed by atoms with Gasteiger partial charge in [-0.3, -0.25) is 4.90 Å². The average molecular weight is 283 g/mol. The Morgan fingerprint density at radius 2 is 1.80 bits per heavy atom. The van der Waals surface area contributed by atoms with Crippen LogP contribution < -0.4 is 5.32 Å². The van der Waals surface area contributed by atoms with Crippen LogP contribution in [0.15, 0.2) is 0 Å². The molecule has 2 nitrogen and oxygen atoms in total. The van der Waals surface area contributed by atoms with Crippen molar-refractivity contribution in [1.29, 1.82) is 0 Å². The topological polar surface area (TPSA) is 15.3 Å². The van der Waals surface area contributed by atoms with Gasteiger partial charge in [0.2, 0.25) is 0 Å². The summed E-state index contributed by atoms with van der Waals surface area (Å²) in [5, 5.41) is 3.88. The van der Waals surface area contributed by atoms with Gasteiger partial charge < -0.3 is 5.32 Å². The quantitative estimate of drug-likeness (QED) is 0.714. The van der Waals surface area contributed by atoms with E-state index >= 15 is 0 Å². The van der Waals surface area contributed by atoms with Crippen molar-refractivity contribution in [2.45, 2.75) is 85.2 Å². The van der Waals surface area contributed by atoms with Crippen LogP contribution in [-0.2, 0) is 0 Å². The molecule has 0 aromatic carbocycles. The van der Waals surface area contributed by atoms with Crippen molar-refractivity contribution in [3.8, 4) is 0 Å². The molecule has 1 aliphatic heterocycles. The molecule has 120 valence electrons. The maximum absolute atomic E-state index is 3.88. The Hall–Kier alpha value is -0.0800. The Morgan fingerprint density at radius 1 is 1.15 bits per heavy atom. The molecule has 0 aromatic rings. The Bertz CT molecular complexity index is 258. The third kappa shape index (κ3) is 5.04. The van der Waals surface area contributed by atoms with Crippen molar-refractivity contribution >= 4 is 0 Å². The lowest BCUT2D eigenvalue weighted by Crippen LogP contribution is -2.64. The third-order valence-electron chi connectivity index (χ3n) is 5.16. The summed E-state index contributed by atoms with van der Waals surface area (Å²) in [6.45, 7) is 17.8. The van der Waals surface area contributed by atoms with Gasteiger partial charge in [0, 0.05) is 31.2 Å². The van der Waals surface area contributed by atoms with Gasteiger partial charge in [-0.05, 0) is 37.5 Å². The van der Waals surface area contributed by atoms with Crippen molar-refractivity contribution in [3.63, 3.8) is 0 Å². The van der Waals surface area contributed by atoms with E-state index in [1.807, 2.05) is 0 Å². The fourth-order valence-corrected chi connectivity index (χ4v) is 3.74. The lowest BCUT2D eigenvalue weighted by Gasteiger charge is -2.49. The summed E-state index contributed by atoms with van der Waals surface area (Å²) in [6, 6.07) is 0.737. The highest BCUT2D eigenvalue weighted by Crippen LogP contribution is 2.26. The molecule has 1 N–H and O–H groups in total. The fourth-order valence-electron chi connectivity index (χ4n) is 3.74. The van der Waals surface area contributed by atoms with E-state index < -0.39 is 0 Å². The zero-order valence-corrected chi connectivity index (χ0v) is 14.8. The molecule has 0 spiro atoms. The second kappa shape index (κ2) is 8.38. The molecule has 0 radical (unpaired) electrons. The largest absolute Gasteiger partial charge is 0.308 e. The van der Waals surface area contributed by atoms with Crippen molar-refractivity contribution in [2.75, 3.05) is 19.6 Å². The molecular weight excluding hydrogens is 244 g/mol. The lowest BCUT2D eigenvalue weighted by atomic mass is 9.86. The number of nitrogens with one attached hydrogen (secondary N) is 1. The molecule has 0 aromatic heterocycles. The van der Waals surface area contributed by atoms with Crippen LogP contribution in [-0.4, -0.2) is 36.1 Å². The first kappa shape index (κ1) is 18.0. The molecule has 0 bridgehead atoms. The van der Waals surface area contributed by atoms with E-state index in [0.29, 0.717) is 5.54 Å². The van der Waals surface area contributed by atoms with Crippen LogP contribution in [0, 0.1) is 11.8 Å². The van der Waals surface area contributed by atoms with E-state index in [-0.39, 0.29) is 0 Å². The summed E-state index contributed by atoms with van der Waals surface area (Å²) < 4.78 is 0. The minimum atomic E-state index is 0.361. The zero-order valence-electron chi connectivity index (χ0n) is 14.8. The monoisotopic (exact) mass is 282 g/mol. The Kier molecular flexibility index (Phi) is 7.53. The van der Waals surface area contributed by atoms with E-state index in [0.717, 1.165) is 17.9 Å². The molecule has 1 heterocycles. The highest BCUT2D eigenvalue weighted by molar-refractivity contribution is 4.97. The van der Waals surface area contributed by atoms with Gasteiger partial charge in [0.15, 0.2) is 0 Å². The van der Waals surface area contributed by atoms with Gasteiger partial charge in [0.1, 0.15) is 0 Å². The van der Waals surface area contributed by atoms with Gasteiger partial charge in [-0.2, -0.15) is 0 Å². The van der Waals surface area contributed by atoms with Crippen molar-refractivity contribution in [1.82, 2.24) is 10.2 Å². The van der Waals surface area contributed by atoms with Crippen LogP contribution in [0.5, 0.6) is 0 Å². The molecule has 2 atom stereocenters. The van der Waals surface area contributed by atoms with E-state index in [2.05, 4.69) is 51.8 Å². The second-order valence-corrected chi connectivity index (χ2v) is 7.48. The number of rotatable bonds is 8. The van der Waals surface area contributed by atoms with Crippen LogP contribution in [0.3, 0.4) is 0 Å². The zero-order chi connectivity index (χ0) is 15.2. The molecule has 1 rings (SSSR count). The molecule has 1 aliphatic rings. The number of nitrogens with zero attached hydrogens (tertiary/aromatic N) is 1. The maximum Gasteiger partial charge on any atom is 0.0304 e. The summed E-state index contributed by atoms with van der Waals surface area (Å²) in [5.74, 6) is 1.63. The molecular formula is C18H38N2. The highest BCUT2D eigenvalue weighted by Gasteiger charge is 2.36. The predicted molar refractivity (Wildman–Crippen MR) is 90.2 cm³/mol. The number of hydrogen-bond donors (Lipinski definition) is 1. The van der Waals surface area contributed by atoms with Gasteiger partial charge in [0.25, 0.3) is 0 Å². The minimum Gasteiger partial charge on any atom is -0.308 e. The smallest absolute Gasteiger partial charge is 0.0304 e. The average Bonchev–Trinajstić information content (AvgIpc) is 2.41. The molecule has 0 amide bonds. The number of hydrogen-bond acceptors (Lipinski definition) is 2. The molecule has 20 heavy (non-hydrogen) atoms. The molecule has 2 heteroatoms. The van der Waals surface area contributed by atoms with Crippen molar-refractivity contribution in [2.24, 2.45) is 11.8 Å². The molecule has 2 unspecified atom stereocenters. The van der Waals surface area contributed by atoms with Gasteiger partial charge in [-0.15, -0.1) is 0 Å². The Balaban J connectivity index is 2.71. The lowest BCUT2D eigenvalue weighted by molar-refractivity contribution is 0.0504. The van der Waals surface area contributed by atoms with Gasteiger partial charge in [-0.1, -0.05) is 48.0 Å². The summed E-state index contributed by atoms with van der Waals surface area (Å²) in [7, 11) is 0. The molecule has 0 aliphatic carbocycles. The fraction of sp³-hybridized carbons (Fsp3) is 1.00. The van der Waals surface area contributed by atoms with E-state index in [4.69, 9.17) is 0 Å². The number of piperazine rings is 1. The molecule has 1 saturated heterocycles. The minimum absolute atomic E-state index is 0.361. The van der Waals surface area contributed by atoms with Crippen LogP contribution in [0.2, 0.25) is 0 Å². The van der Waals surface area contributed by atoms with Gasteiger partial charge in [-0.25, -0.2) is 0 Å². The maximum atomic E-state index is 3.88. The highest BCUT2D eigenvalue weighted by atomic mass is 15.3. The third-order valence-corrected chi connectivity index (χ3v) is 5.16. The first-order chi connectivity index (χ1) is 9.46. The van der Waals surface area contributed by atoms with Crippen LogP contribution in [0.1, 0.15) is 73.6 Å².